The number of rotatable bonds is 19. The van der Waals surface area contributed by atoms with Crippen molar-refractivity contribution in [1.82, 2.24) is 35.6 Å². The summed E-state index contributed by atoms with van der Waals surface area (Å²) in [5.41, 5.74) is 9.53. The number of nitrogens with two attached hydrogens (primary N) is 1. The number of amides is 2. The number of carbonyl (C=O) groups is 7. The minimum Gasteiger partial charge on any atom is -0.478 e. The molecule has 16 nitrogen and oxygen atoms in total. The standard InChI is InChI=1S/3C15H15NOS.C9H9NO.C8H7NO2.2C3H7NO.CH5N/c3*1-12(17)10-15(13-6-5-9-16-11-13)18-14-7-3-2-4-8-14;1-8(11)4-5-9-3-2-6-10-7-9;10-8(11)4-3-7-2-1-5-9-6-7;2*1-3(5)4-2;1-2/h3*2-9,11,15H,10H2,1H3;2-7H,1H3;1-6H,(H,10,11);2*1-2H3,(H,4,5);2H2,1H3/b;;;5-4+;4-3+;;;. The molecule has 3 unspecified atom stereocenters. The first-order chi connectivity index (χ1) is 42.4. The van der Waals surface area contributed by atoms with Crippen molar-refractivity contribution in [2.24, 2.45) is 5.73 Å². The molecule has 2 amide bonds. The van der Waals surface area contributed by atoms with Gasteiger partial charge in [0.15, 0.2) is 5.78 Å². The molecule has 0 aliphatic carbocycles. The summed E-state index contributed by atoms with van der Waals surface area (Å²) in [6.45, 7) is 9.37. The van der Waals surface area contributed by atoms with E-state index in [9.17, 15) is 33.6 Å². The first-order valence-electron chi connectivity index (χ1n) is 27.6. The zero-order valence-corrected chi connectivity index (χ0v) is 53.7. The van der Waals surface area contributed by atoms with Gasteiger partial charge in [-0.2, -0.15) is 0 Å². The molecule has 3 atom stereocenters. The van der Waals surface area contributed by atoms with Gasteiger partial charge in [0.25, 0.3) is 0 Å². The Morgan fingerprint density at radius 2 is 0.670 bits per heavy atom. The van der Waals surface area contributed by atoms with Crippen LogP contribution >= 0.6 is 35.3 Å². The van der Waals surface area contributed by atoms with Gasteiger partial charge in [0, 0.05) is 146 Å². The minimum atomic E-state index is -0.950. The van der Waals surface area contributed by atoms with E-state index in [1.807, 2.05) is 122 Å². The van der Waals surface area contributed by atoms with Crippen molar-refractivity contribution in [1.29, 1.82) is 0 Å². The fourth-order valence-corrected chi connectivity index (χ4v) is 10.2. The molecule has 0 aliphatic rings. The average molecular weight is 1250 g/mol. The van der Waals surface area contributed by atoms with Crippen LogP contribution in [-0.2, 0) is 33.6 Å². The third-order valence-corrected chi connectivity index (χ3v) is 14.5. The van der Waals surface area contributed by atoms with Gasteiger partial charge in [0.1, 0.15) is 17.3 Å². The van der Waals surface area contributed by atoms with Crippen LogP contribution in [0.2, 0.25) is 0 Å². The quantitative estimate of drug-likeness (QED) is 0.0433. The number of benzene rings is 3. The maximum Gasteiger partial charge on any atom is 0.328 e. The fraction of sp³-hybridized carbons (Fsp3) is 0.217. The number of nitrogens with one attached hydrogen (secondary N) is 2. The molecule has 0 spiro atoms. The number of hydrogen-bond donors (Lipinski definition) is 4. The lowest BCUT2D eigenvalue weighted by atomic mass is 10.1. The van der Waals surface area contributed by atoms with Gasteiger partial charge in [0.2, 0.25) is 11.8 Å². The molecule has 0 bridgehead atoms. The van der Waals surface area contributed by atoms with Crippen LogP contribution in [0.3, 0.4) is 0 Å². The average Bonchev–Trinajstić information content (AvgIpc) is 3.64. The molecule has 3 aromatic carbocycles. The predicted molar refractivity (Wildman–Crippen MR) is 358 cm³/mol. The van der Waals surface area contributed by atoms with Gasteiger partial charge >= 0.3 is 5.97 Å². The molecule has 0 aliphatic heterocycles. The van der Waals surface area contributed by atoms with Crippen molar-refractivity contribution in [2.75, 3.05) is 21.1 Å². The molecule has 19 heteroatoms. The van der Waals surface area contributed by atoms with E-state index < -0.39 is 5.97 Å². The van der Waals surface area contributed by atoms with E-state index in [-0.39, 0.29) is 50.7 Å². The molecule has 462 valence electrons. The summed E-state index contributed by atoms with van der Waals surface area (Å²) < 4.78 is 0. The topological polar surface area (TPSA) is 254 Å². The highest BCUT2D eigenvalue weighted by Crippen LogP contribution is 2.39. The summed E-state index contributed by atoms with van der Waals surface area (Å²) in [6.07, 6.45) is 24.9. The van der Waals surface area contributed by atoms with Crippen LogP contribution < -0.4 is 16.4 Å². The second-order valence-electron chi connectivity index (χ2n) is 18.1. The first kappa shape index (κ1) is 77.0. The van der Waals surface area contributed by atoms with Crippen molar-refractivity contribution in [2.45, 2.75) is 91.2 Å². The van der Waals surface area contributed by atoms with Crippen LogP contribution in [0.15, 0.2) is 240 Å². The van der Waals surface area contributed by atoms with Crippen LogP contribution in [0.5, 0.6) is 0 Å². The Morgan fingerprint density at radius 1 is 0.409 bits per heavy atom. The number of aliphatic carboxylic acids is 1. The molecule has 0 saturated carbocycles. The van der Waals surface area contributed by atoms with Gasteiger partial charge in [-0.1, -0.05) is 84.9 Å². The van der Waals surface area contributed by atoms with Crippen LogP contribution in [0.4, 0.5) is 0 Å². The highest BCUT2D eigenvalue weighted by molar-refractivity contribution is 8.00. The second kappa shape index (κ2) is 49.1. The molecule has 5 N–H and O–H groups in total. The third-order valence-electron chi connectivity index (χ3n) is 10.7. The first-order valence-corrected chi connectivity index (χ1v) is 30.2. The monoisotopic (exact) mass is 1240 g/mol. The molecule has 0 saturated heterocycles. The summed E-state index contributed by atoms with van der Waals surface area (Å²) in [6, 6.07) is 49.5. The molecular formula is C69H80N8O8S3. The van der Waals surface area contributed by atoms with Crippen molar-refractivity contribution >= 4 is 88.4 Å². The van der Waals surface area contributed by atoms with Crippen molar-refractivity contribution in [3.8, 4) is 0 Å². The Morgan fingerprint density at radius 3 is 0.875 bits per heavy atom. The zero-order valence-electron chi connectivity index (χ0n) is 51.2. The number of allylic oxidation sites excluding steroid dienone is 1. The zero-order chi connectivity index (χ0) is 65.2. The van der Waals surface area contributed by atoms with Gasteiger partial charge < -0.3 is 21.5 Å². The lowest BCUT2D eigenvalue weighted by Crippen LogP contribution is -2.11. The molecule has 88 heavy (non-hydrogen) atoms. The largest absolute Gasteiger partial charge is 0.478 e. The van der Waals surface area contributed by atoms with E-state index in [1.165, 1.54) is 54.7 Å². The Hall–Kier alpha value is -9.01. The molecule has 5 heterocycles. The van der Waals surface area contributed by atoms with Gasteiger partial charge in [-0.25, -0.2) is 4.79 Å². The number of carboxylic acids is 1. The van der Waals surface area contributed by atoms with E-state index in [0.29, 0.717) is 19.3 Å². The molecule has 8 rings (SSSR count). The normalized spacial score (nSPS) is 10.8. The second-order valence-corrected chi connectivity index (χ2v) is 22.0. The summed E-state index contributed by atoms with van der Waals surface area (Å²) >= 11 is 5.13. The smallest absolute Gasteiger partial charge is 0.328 e. The number of nitrogens with zero attached hydrogens (tertiary/aromatic N) is 5. The SMILES string of the molecule is CC(=O)/C=C/c1cccnc1.CC(=O)CC(Sc1ccccc1)c1cccnc1.CC(=O)CC(Sc1ccccc1)c1cccnc1.CC(=O)CC(Sc1ccccc1)c1cccnc1.CN.CNC(C)=O.CNC(C)=O.O=C(O)/C=C/c1cccnc1. The third kappa shape index (κ3) is 40.3. The number of pyridine rings is 5. The summed E-state index contributed by atoms with van der Waals surface area (Å²) in [4.78, 5) is 97.8. The number of aromatic nitrogens is 5. The van der Waals surface area contributed by atoms with E-state index in [2.05, 4.69) is 77.7 Å². The fourth-order valence-electron chi connectivity index (χ4n) is 6.49. The van der Waals surface area contributed by atoms with Crippen LogP contribution in [0.25, 0.3) is 12.2 Å². The van der Waals surface area contributed by atoms with Gasteiger partial charge in [-0.15, -0.1) is 35.3 Å². The molecule has 0 fully saturated rings. The summed E-state index contributed by atoms with van der Waals surface area (Å²) in [5.74, 6) is -0.287. The Kier molecular flexibility index (Phi) is 43.0. The molecule has 0 radical (unpaired) electrons. The van der Waals surface area contributed by atoms with E-state index in [0.717, 1.165) is 33.9 Å². The lowest BCUT2D eigenvalue weighted by molar-refractivity contribution is -0.131. The van der Waals surface area contributed by atoms with Crippen LogP contribution in [0, 0.1) is 0 Å². The Bertz CT molecular complexity index is 2930. The Balaban J connectivity index is 0.000000532. The number of ketones is 4. The van der Waals surface area contributed by atoms with E-state index >= 15 is 0 Å². The van der Waals surface area contributed by atoms with Crippen LogP contribution in [0.1, 0.15) is 104 Å². The van der Waals surface area contributed by atoms with E-state index in [1.54, 1.807) is 132 Å². The maximum atomic E-state index is 11.4. The lowest BCUT2D eigenvalue weighted by Gasteiger charge is -2.15. The van der Waals surface area contributed by atoms with Crippen molar-refractivity contribution in [3.05, 3.63) is 254 Å². The number of Topliss-reactive ketones (excluding diaryl/α,β-unsaturated/α-hetero) is 3. The van der Waals surface area contributed by atoms with Gasteiger partial charge in [-0.05, 0) is 148 Å². The summed E-state index contributed by atoms with van der Waals surface area (Å²) in [5, 5.41) is 13.5. The number of hydrogen-bond acceptors (Lipinski definition) is 16. The maximum absolute atomic E-state index is 11.4. The number of thioether (sulfide) groups is 3. The highest BCUT2D eigenvalue weighted by atomic mass is 32.2. The van der Waals surface area contributed by atoms with Gasteiger partial charge in [-0.3, -0.25) is 53.7 Å². The number of carbonyl (C=O) groups excluding carboxylic acids is 6. The highest BCUT2D eigenvalue weighted by Gasteiger charge is 2.18. The summed E-state index contributed by atoms with van der Waals surface area (Å²) in [7, 11) is 4.70. The van der Waals surface area contributed by atoms with Crippen LogP contribution in [-0.4, -0.2) is 92.1 Å². The number of carboxylic acid groups (broad SMARTS) is 1. The molecule has 8 aromatic rings. The van der Waals surface area contributed by atoms with Crippen molar-refractivity contribution < 1.29 is 38.7 Å². The minimum absolute atomic E-state index is 0.00463. The Labute approximate surface area is 531 Å². The molecular weight excluding hydrogens is 1170 g/mol. The van der Waals surface area contributed by atoms with Crippen molar-refractivity contribution in [3.63, 3.8) is 0 Å². The molecule has 5 aromatic heterocycles. The van der Waals surface area contributed by atoms with Gasteiger partial charge in [0.05, 0.1) is 0 Å². The predicted octanol–water partition coefficient (Wildman–Crippen LogP) is 13.6. The van der Waals surface area contributed by atoms with E-state index in [4.69, 9.17) is 5.11 Å².